The zero-order valence-corrected chi connectivity index (χ0v) is 10.4. The van der Waals surface area contributed by atoms with Crippen molar-refractivity contribution in [3.05, 3.63) is 32.7 Å². The Hall–Kier alpha value is -2.09. The van der Waals surface area contributed by atoms with Gasteiger partial charge < -0.3 is 15.6 Å². The van der Waals surface area contributed by atoms with Crippen LogP contribution in [0, 0.1) is 6.92 Å². The number of aliphatic hydroxyl groups excluding tert-OH is 1. The molecule has 0 bridgehead atoms. The molecule has 0 saturated carbocycles. The maximum Gasteiger partial charge on any atom is 0.351 e. The number of ether oxygens (including phenoxy) is 1. The number of aryl methyl sites for hydroxylation is 1. The van der Waals surface area contributed by atoms with E-state index in [1.54, 1.807) is 6.92 Å². The summed E-state index contributed by atoms with van der Waals surface area (Å²) in [5.74, 6) is -1.36. The number of nitrogen functional groups attached to an aromatic ring is 1. The fraction of sp³-hybridized carbons (Fsp3) is 0.600. The molecule has 0 radical (unpaired) electrons. The Kier molecular flexibility index (Phi) is 3.43. The monoisotopic (exact) mass is 266 g/mol. The van der Waals surface area contributed by atoms with Crippen LogP contribution >= 0.6 is 0 Å². The first-order valence-corrected chi connectivity index (χ1v) is 5.73. The number of hydrogen-bond donors (Lipinski definition) is 2. The predicted octanol–water partition coefficient (Wildman–Crippen LogP) is 0.226. The average molecular weight is 266 g/mol. The van der Waals surface area contributed by atoms with Crippen LogP contribution in [0.15, 0.2) is 16.1 Å². The van der Waals surface area contributed by atoms with Crippen LogP contribution < -0.4 is 11.4 Å². The van der Waals surface area contributed by atoms with Crippen molar-refractivity contribution in [1.29, 1.82) is 0 Å². The minimum absolute atomic E-state index is 0.119. The maximum atomic E-state index is 11.9. The molecule has 9 nitrogen and oxygen atoms in total. The highest BCUT2D eigenvalue weighted by atomic mass is 16.6. The zero-order chi connectivity index (χ0) is 14.0. The minimum atomic E-state index is -1.48. The molecule has 1 aliphatic rings. The maximum absolute atomic E-state index is 11.9. The Labute approximate surface area is 108 Å². The van der Waals surface area contributed by atoms with Crippen LogP contribution in [-0.4, -0.2) is 27.4 Å². The number of rotatable bonds is 3. The van der Waals surface area contributed by atoms with Gasteiger partial charge in [0.25, 0.3) is 0 Å². The van der Waals surface area contributed by atoms with Gasteiger partial charge >= 0.3 is 5.69 Å². The molecule has 2 rings (SSSR count). The summed E-state index contributed by atoms with van der Waals surface area (Å²) in [4.78, 5) is 18.3. The van der Waals surface area contributed by atoms with Gasteiger partial charge in [-0.25, -0.2) is 4.79 Å². The third-order valence-corrected chi connectivity index (χ3v) is 3.08. The van der Waals surface area contributed by atoms with Crippen LogP contribution in [0.4, 0.5) is 5.82 Å². The Morgan fingerprint density at radius 1 is 1.84 bits per heavy atom. The summed E-state index contributed by atoms with van der Waals surface area (Å²) < 4.78 is 6.63. The van der Waals surface area contributed by atoms with Crippen LogP contribution in [0.5, 0.6) is 0 Å². The van der Waals surface area contributed by atoms with Gasteiger partial charge in [0.1, 0.15) is 5.82 Å². The fourth-order valence-electron chi connectivity index (χ4n) is 2.04. The van der Waals surface area contributed by atoms with Gasteiger partial charge in [-0.1, -0.05) is 0 Å². The summed E-state index contributed by atoms with van der Waals surface area (Å²) in [5, 5.41) is 12.7. The van der Waals surface area contributed by atoms with Crippen molar-refractivity contribution in [2.75, 3.05) is 12.3 Å². The number of aliphatic hydroxyl groups is 1. The van der Waals surface area contributed by atoms with Crippen molar-refractivity contribution in [3.63, 3.8) is 0 Å². The van der Waals surface area contributed by atoms with E-state index >= 15 is 0 Å². The molecule has 0 amide bonds. The largest absolute Gasteiger partial charge is 0.394 e. The summed E-state index contributed by atoms with van der Waals surface area (Å²) in [6, 6.07) is 0. The van der Waals surface area contributed by atoms with E-state index in [9.17, 15) is 4.79 Å². The Bertz CT molecular complexity index is 593. The lowest BCUT2D eigenvalue weighted by molar-refractivity contribution is -0.108. The van der Waals surface area contributed by atoms with Crippen LogP contribution in [-0.2, 0) is 10.6 Å². The molecule has 9 heteroatoms. The second-order valence-electron chi connectivity index (χ2n) is 4.36. The van der Waals surface area contributed by atoms with Gasteiger partial charge in [0.05, 0.1) is 12.7 Å². The molecule has 2 atom stereocenters. The van der Waals surface area contributed by atoms with Crippen molar-refractivity contribution in [2.45, 2.75) is 31.7 Å². The zero-order valence-electron chi connectivity index (χ0n) is 10.4. The summed E-state index contributed by atoms with van der Waals surface area (Å²) in [6.07, 6.45) is 1.73. The molecular weight excluding hydrogens is 252 g/mol. The van der Waals surface area contributed by atoms with Crippen LogP contribution in [0.25, 0.3) is 10.4 Å². The fourth-order valence-corrected chi connectivity index (χ4v) is 2.04. The molecule has 3 N–H and O–H groups in total. The number of anilines is 1. The van der Waals surface area contributed by atoms with Gasteiger partial charge in [0, 0.05) is 23.1 Å². The molecular formula is C10H14N6O3. The van der Waals surface area contributed by atoms with Gasteiger partial charge in [-0.3, -0.25) is 4.57 Å². The van der Waals surface area contributed by atoms with E-state index in [-0.39, 0.29) is 18.8 Å². The number of nitrogens with two attached hydrogens (primary N) is 1. The second-order valence-corrected chi connectivity index (χ2v) is 4.36. The molecule has 1 saturated heterocycles. The van der Waals surface area contributed by atoms with E-state index < -0.39 is 17.6 Å². The van der Waals surface area contributed by atoms with Crippen LogP contribution in [0.2, 0.25) is 0 Å². The Morgan fingerprint density at radius 2 is 2.58 bits per heavy atom. The van der Waals surface area contributed by atoms with Gasteiger partial charge in [-0.2, -0.15) is 4.98 Å². The van der Waals surface area contributed by atoms with Crippen molar-refractivity contribution in [2.24, 2.45) is 5.11 Å². The molecule has 19 heavy (non-hydrogen) atoms. The molecule has 0 aromatic carbocycles. The van der Waals surface area contributed by atoms with Crippen molar-refractivity contribution >= 4 is 5.82 Å². The third kappa shape index (κ3) is 2.26. The summed E-state index contributed by atoms with van der Waals surface area (Å²) in [6.45, 7) is 1.47. The minimum Gasteiger partial charge on any atom is -0.394 e. The third-order valence-electron chi connectivity index (χ3n) is 3.08. The van der Waals surface area contributed by atoms with Gasteiger partial charge in [0.15, 0.2) is 0 Å². The van der Waals surface area contributed by atoms with E-state index in [1.807, 2.05) is 0 Å². The second kappa shape index (κ2) is 4.88. The first kappa shape index (κ1) is 13.3. The molecule has 102 valence electrons. The number of aromatic nitrogens is 2. The molecule has 1 aliphatic heterocycles. The molecule has 2 heterocycles. The summed E-state index contributed by atoms with van der Waals surface area (Å²) in [5.41, 5.74) is 14.1. The van der Waals surface area contributed by atoms with E-state index in [4.69, 9.17) is 21.1 Å². The number of azide groups is 1. The van der Waals surface area contributed by atoms with Crippen molar-refractivity contribution in [1.82, 2.24) is 9.55 Å². The summed E-state index contributed by atoms with van der Waals surface area (Å²) in [7, 11) is 0. The summed E-state index contributed by atoms with van der Waals surface area (Å²) >= 11 is 0. The lowest BCUT2D eigenvalue weighted by Gasteiger charge is -2.26. The smallest absolute Gasteiger partial charge is 0.351 e. The molecule has 1 aromatic rings. The molecule has 0 aliphatic carbocycles. The van der Waals surface area contributed by atoms with Gasteiger partial charge in [0.2, 0.25) is 5.85 Å². The molecule has 0 spiro atoms. The molecule has 1 aromatic heterocycles. The molecule has 1 fully saturated rings. The SMILES string of the molecule is Cc1cn([C@@]2(N=[N+]=[N-])CC[C@@H](CO)O2)c(=O)nc1N. The number of hydrogen-bond acceptors (Lipinski definition) is 6. The Morgan fingerprint density at radius 3 is 3.16 bits per heavy atom. The Balaban J connectivity index is 2.55. The van der Waals surface area contributed by atoms with Crippen LogP contribution in [0.3, 0.4) is 0 Å². The van der Waals surface area contributed by atoms with E-state index in [2.05, 4.69) is 15.0 Å². The van der Waals surface area contributed by atoms with Crippen LogP contribution in [0.1, 0.15) is 18.4 Å². The molecule has 0 unspecified atom stereocenters. The highest BCUT2D eigenvalue weighted by Gasteiger charge is 2.42. The van der Waals surface area contributed by atoms with Gasteiger partial charge in [-0.05, 0) is 24.0 Å². The first-order chi connectivity index (χ1) is 9.02. The van der Waals surface area contributed by atoms with E-state index in [0.717, 1.165) is 4.57 Å². The topological polar surface area (TPSA) is 139 Å². The van der Waals surface area contributed by atoms with E-state index in [0.29, 0.717) is 12.0 Å². The highest BCUT2D eigenvalue weighted by Crippen LogP contribution is 2.35. The lowest BCUT2D eigenvalue weighted by Crippen LogP contribution is -2.41. The quantitative estimate of drug-likeness (QED) is 0.457. The average Bonchev–Trinajstić information content (AvgIpc) is 2.79. The first-order valence-electron chi connectivity index (χ1n) is 5.73. The standard InChI is InChI=1S/C10H14N6O3/c1-6-4-16(9(18)13-8(6)11)10(14-15-12)3-2-7(5-17)19-10/h4,7,17H,2-3,5H2,1H3,(H2,11,13,18)/t7-,10-/m0/s1. The van der Waals surface area contributed by atoms with Gasteiger partial charge in [-0.15, -0.1) is 0 Å². The number of nitrogens with zero attached hydrogens (tertiary/aromatic N) is 5. The predicted molar refractivity (Wildman–Crippen MR) is 66.0 cm³/mol. The lowest BCUT2D eigenvalue weighted by atomic mass is 10.2. The van der Waals surface area contributed by atoms with Crippen molar-refractivity contribution in [3.8, 4) is 0 Å². The van der Waals surface area contributed by atoms with Crippen molar-refractivity contribution < 1.29 is 9.84 Å². The normalized spacial score (nSPS) is 26.1. The highest BCUT2D eigenvalue weighted by molar-refractivity contribution is 5.35. The van der Waals surface area contributed by atoms with E-state index in [1.165, 1.54) is 6.20 Å².